The van der Waals surface area contributed by atoms with E-state index in [2.05, 4.69) is 14.9 Å². The summed E-state index contributed by atoms with van der Waals surface area (Å²) < 4.78 is 59.2. The van der Waals surface area contributed by atoms with E-state index in [1.54, 1.807) is 0 Å². The van der Waals surface area contributed by atoms with Gasteiger partial charge >= 0.3 is 5.92 Å². The lowest BCUT2D eigenvalue weighted by Crippen LogP contribution is -2.76. The lowest BCUT2D eigenvalue weighted by Gasteiger charge is -2.65. The minimum Gasteiger partial charge on any atom is -0.380 e. The molecular weight excluding hydrogens is 390 g/mol. The second-order valence-corrected chi connectivity index (χ2v) is 11.2. The van der Waals surface area contributed by atoms with Crippen molar-refractivity contribution < 1.29 is 21.9 Å². The standard InChI is InChI=1S/C18H24F2N4O3S/c1-12-14(5-21-15(22-12)16(2,19)20)28(25,26)24-8-18(9-24)6-23(7-18)13-3-17(4-13)10-27-11-17/h5,13H,3-4,6-11H2,1-2H3. The van der Waals surface area contributed by atoms with E-state index in [-0.39, 0.29) is 16.0 Å². The Hall–Kier alpha value is -1.23. The molecule has 154 valence electrons. The highest BCUT2D eigenvalue weighted by molar-refractivity contribution is 7.89. The Labute approximate surface area is 163 Å². The molecule has 3 aliphatic heterocycles. The average Bonchev–Trinajstić information content (AvgIpc) is 2.42. The van der Waals surface area contributed by atoms with Gasteiger partial charge in [0.05, 0.1) is 25.1 Å². The molecule has 0 amide bonds. The Morgan fingerprint density at radius 1 is 1.18 bits per heavy atom. The van der Waals surface area contributed by atoms with Gasteiger partial charge in [0.25, 0.3) is 0 Å². The first-order valence-corrected chi connectivity index (χ1v) is 11.0. The molecule has 3 saturated heterocycles. The van der Waals surface area contributed by atoms with Crippen LogP contribution in [0.3, 0.4) is 0 Å². The summed E-state index contributed by atoms with van der Waals surface area (Å²) in [6, 6.07) is 0.610. The molecule has 0 aromatic carbocycles. The van der Waals surface area contributed by atoms with E-state index in [4.69, 9.17) is 4.74 Å². The van der Waals surface area contributed by atoms with E-state index in [1.165, 1.54) is 24.1 Å². The minimum absolute atomic E-state index is 0.0388. The average molecular weight is 414 g/mol. The summed E-state index contributed by atoms with van der Waals surface area (Å²) in [5, 5.41) is 0. The maximum absolute atomic E-state index is 13.4. The lowest BCUT2D eigenvalue weighted by molar-refractivity contribution is -0.211. The molecule has 1 aliphatic carbocycles. The number of likely N-dealkylation sites (tertiary alicyclic amines) is 1. The largest absolute Gasteiger partial charge is 0.380 e. The first-order valence-electron chi connectivity index (χ1n) is 9.56. The monoisotopic (exact) mass is 414 g/mol. The summed E-state index contributed by atoms with van der Waals surface area (Å²) in [4.78, 5) is 9.67. The highest BCUT2D eigenvalue weighted by Crippen LogP contribution is 2.53. The third-order valence-electron chi connectivity index (χ3n) is 6.72. The third-order valence-corrected chi connectivity index (χ3v) is 8.61. The SMILES string of the molecule is Cc1nc(C(C)(F)F)ncc1S(=O)(=O)N1CC2(CN(C3CC4(COC4)C3)C2)C1. The van der Waals surface area contributed by atoms with E-state index in [1.807, 2.05) is 0 Å². The maximum Gasteiger partial charge on any atom is 0.303 e. The van der Waals surface area contributed by atoms with Gasteiger partial charge in [-0.05, 0) is 19.8 Å². The second kappa shape index (κ2) is 5.68. The first kappa shape index (κ1) is 18.8. The fourth-order valence-electron chi connectivity index (χ4n) is 5.03. The van der Waals surface area contributed by atoms with Crippen LogP contribution in [-0.4, -0.2) is 73.0 Å². The number of aromatic nitrogens is 2. The third kappa shape index (κ3) is 2.72. The van der Waals surface area contributed by atoms with E-state index in [0.717, 1.165) is 32.5 Å². The van der Waals surface area contributed by atoms with Gasteiger partial charge in [-0.15, -0.1) is 0 Å². The molecule has 0 N–H and O–H groups in total. The fourth-order valence-corrected chi connectivity index (χ4v) is 6.80. The molecule has 2 spiro atoms. The zero-order valence-corrected chi connectivity index (χ0v) is 16.8. The summed E-state index contributed by atoms with van der Waals surface area (Å²) in [6.45, 7) is 6.70. The molecule has 1 saturated carbocycles. The molecule has 5 rings (SSSR count). The van der Waals surface area contributed by atoms with Gasteiger partial charge in [0.15, 0.2) is 5.82 Å². The quantitative estimate of drug-likeness (QED) is 0.741. The predicted molar refractivity (Wildman–Crippen MR) is 95.4 cm³/mol. The van der Waals surface area contributed by atoms with E-state index >= 15 is 0 Å². The summed E-state index contributed by atoms with van der Waals surface area (Å²) >= 11 is 0. The Balaban J connectivity index is 1.20. The van der Waals surface area contributed by atoms with Crippen molar-refractivity contribution in [2.75, 3.05) is 39.4 Å². The summed E-state index contributed by atoms with van der Waals surface area (Å²) in [7, 11) is -3.76. The van der Waals surface area contributed by atoms with Gasteiger partial charge in [0, 0.05) is 50.0 Å². The van der Waals surface area contributed by atoms with Crippen molar-refractivity contribution >= 4 is 10.0 Å². The lowest BCUT2D eigenvalue weighted by atomic mass is 9.61. The van der Waals surface area contributed by atoms with Crippen molar-refractivity contribution in [3.8, 4) is 0 Å². The Bertz CT molecular complexity index is 907. The van der Waals surface area contributed by atoms with Crippen LogP contribution in [-0.2, 0) is 20.7 Å². The number of ether oxygens (including phenoxy) is 1. The molecular formula is C18H24F2N4O3S. The molecule has 4 aliphatic rings. The van der Waals surface area contributed by atoms with Crippen LogP contribution in [0.5, 0.6) is 0 Å². The summed E-state index contributed by atoms with van der Waals surface area (Å²) in [6.07, 6.45) is 3.39. The van der Waals surface area contributed by atoms with Crippen molar-refractivity contribution in [3.63, 3.8) is 0 Å². The van der Waals surface area contributed by atoms with Crippen LogP contribution in [0.15, 0.2) is 11.1 Å². The first-order chi connectivity index (χ1) is 13.0. The van der Waals surface area contributed by atoms with Crippen molar-refractivity contribution in [1.82, 2.24) is 19.2 Å². The molecule has 1 aromatic heterocycles. The number of halogens is 2. The molecule has 4 fully saturated rings. The minimum atomic E-state index is -3.76. The van der Waals surface area contributed by atoms with Gasteiger partial charge < -0.3 is 4.74 Å². The number of alkyl halides is 2. The predicted octanol–water partition coefficient (Wildman–Crippen LogP) is 1.38. The molecule has 0 bridgehead atoms. The highest BCUT2D eigenvalue weighted by Gasteiger charge is 2.60. The molecule has 0 unspecified atom stereocenters. The molecule has 10 heteroatoms. The van der Waals surface area contributed by atoms with Gasteiger partial charge in [0.1, 0.15) is 4.90 Å². The van der Waals surface area contributed by atoms with E-state index in [9.17, 15) is 17.2 Å². The summed E-state index contributed by atoms with van der Waals surface area (Å²) in [5.41, 5.74) is 0.531. The Kier molecular flexibility index (Phi) is 3.81. The number of sulfonamides is 1. The highest BCUT2D eigenvalue weighted by atomic mass is 32.2. The van der Waals surface area contributed by atoms with E-state index in [0.29, 0.717) is 31.5 Å². The molecule has 7 nitrogen and oxygen atoms in total. The van der Waals surface area contributed by atoms with Crippen LogP contribution >= 0.6 is 0 Å². The van der Waals surface area contributed by atoms with Crippen molar-refractivity contribution in [2.24, 2.45) is 10.8 Å². The zero-order chi connectivity index (χ0) is 19.9. The van der Waals surface area contributed by atoms with Crippen LogP contribution in [0.1, 0.15) is 31.3 Å². The molecule has 28 heavy (non-hydrogen) atoms. The molecule has 4 heterocycles. The fraction of sp³-hybridized carbons (Fsp3) is 0.778. The van der Waals surface area contributed by atoms with Crippen molar-refractivity contribution in [2.45, 2.75) is 43.5 Å². The van der Waals surface area contributed by atoms with Crippen LogP contribution < -0.4 is 0 Å². The Morgan fingerprint density at radius 3 is 2.32 bits per heavy atom. The van der Waals surface area contributed by atoms with Crippen LogP contribution in [0.2, 0.25) is 0 Å². The number of hydrogen-bond donors (Lipinski definition) is 0. The topological polar surface area (TPSA) is 75.6 Å². The zero-order valence-electron chi connectivity index (χ0n) is 16.0. The maximum atomic E-state index is 13.4. The molecule has 1 aromatic rings. The van der Waals surface area contributed by atoms with Crippen molar-refractivity contribution in [3.05, 3.63) is 17.7 Å². The number of hydrogen-bond acceptors (Lipinski definition) is 6. The van der Waals surface area contributed by atoms with Crippen LogP contribution in [0.4, 0.5) is 8.78 Å². The number of aryl methyl sites for hydroxylation is 1. The van der Waals surface area contributed by atoms with Crippen LogP contribution in [0.25, 0.3) is 0 Å². The normalized spacial score (nSPS) is 27.1. The smallest absolute Gasteiger partial charge is 0.303 e. The second-order valence-electron chi connectivity index (χ2n) is 9.26. The van der Waals surface area contributed by atoms with Crippen molar-refractivity contribution in [1.29, 1.82) is 0 Å². The van der Waals surface area contributed by atoms with Gasteiger partial charge in [-0.25, -0.2) is 18.4 Å². The number of rotatable bonds is 4. The summed E-state index contributed by atoms with van der Waals surface area (Å²) in [5.74, 6) is -3.86. The van der Waals surface area contributed by atoms with Crippen LogP contribution in [0, 0.1) is 17.8 Å². The molecule has 0 atom stereocenters. The van der Waals surface area contributed by atoms with Gasteiger partial charge in [-0.1, -0.05) is 0 Å². The van der Waals surface area contributed by atoms with Gasteiger partial charge in [0.2, 0.25) is 10.0 Å². The number of nitrogens with zero attached hydrogens (tertiary/aromatic N) is 4. The molecule has 0 radical (unpaired) electrons. The van der Waals surface area contributed by atoms with Gasteiger partial charge in [-0.2, -0.15) is 13.1 Å². The van der Waals surface area contributed by atoms with Gasteiger partial charge in [-0.3, -0.25) is 4.90 Å². The van der Waals surface area contributed by atoms with E-state index < -0.39 is 21.8 Å². The Morgan fingerprint density at radius 2 is 1.82 bits per heavy atom.